The molecule has 0 aliphatic heterocycles. The molecular formula is C25H33N3O. The van der Waals surface area contributed by atoms with Crippen molar-refractivity contribution >= 4 is 5.78 Å². The molecule has 0 radical (unpaired) electrons. The zero-order chi connectivity index (χ0) is 20.2. The van der Waals surface area contributed by atoms with E-state index in [0.717, 1.165) is 35.4 Å². The molecule has 1 aromatic carbocycles. The van der Waals surface area contributed by atoms with Crippen LogP contribution in [0.4, 0.5) is 0 Å². The van der Waals surface area contributed by atoms with E-state index in [2.05, 4.69) is 55.3 Å². The van der Waals surface area contributed by atoms with Crippen LogP contribution in [0.15, 0.2) is 30.5 Å². The first kappa shape index (κ1) is 19.0. The molecule has 4 bridgehead atoms. The third-order valence-corrected chi connectivity index (χ3v) is 7.66. The molecule has 154 valence electrons. The molecule has 0 spiro atoms. The van der Waals surface area contributed by atoms with Gasteiger partial charge in [-0.25, -0.2) is 4.68 Å². The molecule has 4 saturated carbocycles. The number of carbonyl (C=O) groups is 1. The second-order valence-corrected chi connectivity index (χ2v) is 11.3. The summed E-state index contributed by atoms with van der Waals surface area (Å²) in [5, 5.41) is 8.56. The molecular weight excluding hydrogens is 358 g/mol. The van der Waals surface area contributed by atoms with Crippen LogP contribution in [0.1, 0.15) is 71.3 Å². The molecule has 29 heavy (non-hydrogen) atoms. The summed E-state index contributed by atoms with van der Waals surface area (Å²) in [4.78, 5) is 12.9. The first-order valence-corrected chi connectivity index (χ1v) is 11.3. The lowest BCUT2D eigenvalue weighted by Gasteiger charge is -2.56. The molecule has 0 unspecified atom stereocenters. The van der Waals surface area contributed by atoms with Crippen LogP contribution in [0.3, 0.4) is 0 Å². The summed E-state index contributed by atoms with van der Waals surface area (Å²) >= 11 is 0. The number of hydrogen-bond acceptors (Lipinski definition) is 3. The third kappa shape index (κ3) is 3.78. The van der Waals surface area contributed by atoms with Crippen LogP contribution in [0.25, 0.3) is 11.3 Å². The average molecular weight is 392 g/mol. The lowest BCUT2D eigenvalue weighted by molar-refractivity contribution is -0.128. The van der Waals surface area contributed by atoms with Gasteiger partial charge in [0.25, 0.3) is 0 Å². The van der Waals surface area contributed by atoms with Gasteiger partial charge in [0.05, 0.1) is 6.20 Å². The zero-order valence-corrected chi connectivity index (χ0v) is 18.0. The van der Waals surface area contributed by atoms with Crippen molar-refractivity contribution in [2.24, 2.45) is 23.2 Å². The van der Waals surface area contributed by atoms with Gasteiger partial charge < -0.3 is 0 Å². The van der Waals surface area contributed by atoms with Gasteiger partial charge in [-0.05, 0) is 72.7 Å². The Hall–Kier alpha value is -1.97. The zero-order valence-electron chi connectivity index (χ0n) is 18.0. The molecule has 0 amide bonds. The molecule has 1 heterocycles. The molecule has 4 heteroatoms. The summed E-state index contributed by atoms with van der Waals surface area (Å²) in [6, 6.07) is 8.53. The fraction of sp³-hybridized carbons (Fsp3) is 0.640. The molecule has 0 saturated heterocycles. The van der Waals surface area contributed by atoms with Gasteiger partial charge in [-0.1, -0.05) is 50.3 Å². The van der Waals surface area contributed by atoms with Crippen LogP contribution in [-0.4, -0.2) is 20.8 Å². The predicted molar refractivity (Wildman–Crippen MR) is 114 cm³/mol. The lowest BCUT2D eigenvalue weighted by atomic mass is 9.48. The maximum absolute atomic E-state index is 12.9. The van der Waals surface area contributed by atoms with Gasteiger partial charge in [0.2, 0.25) is 0 Å². The Bertz CT molecular complexity index is 868. The second kappa shape index (κ2) is 6.78. The van der Waals surface area contributed by atoms with Crippen molar-refractivity contribution in [1.29, 1.82) is 0 Å². The number of Topliss-reactive ketones (excluding diaryl/α,β-unsaturated/α-hetero) is 1. The van der Waals surface area contributed by atoms with Gasteiger partial charge in [-0.3, -0.25) is 4.79 Å². The van der Waals surface area contributed by atoms with Crippen LogP contribution >= 0.6 is 0 Å². The largest absolute Gasteiger partial charge is 0.298 e. The summed E-state index contributed by atoms with van der Waals surface area (Å²) in [5.74, 6) is 3.00. The van der Waals surface area contributed by atoms with Gasteiger partial charge in [0, 0.05) is 12.0 Å². The van der Waals surface area contributed by atoms with E-state index in [4.69, 9.17) is 0 Å². The Morgan fingerprint density at radius 2 is 1.62 bits per heavy atom. The van der Waals surface area contributed by atoms with Gasteiger partial charge in [-0.15, -0.1) is 5.10 Å². The summed E-state index contributed by atoms with van der Waals surface area (Å²) in [6.45, 7) is 7.00. The van der Waals surface area contributed by atoms with Gasteiger partial charge in [0.1, 0.15) is 12.2 Å². The van der Waals surface area contributed by atoms with Crippen molar-refractivity contribution in [1.82, 2.24) is 15.0 Å². The Morgan fingerprint density at radius 3 is 2.17 bits per heavy atom. The topological polar surface area (TPSA) is 47.8 Å². The number of nitrogens with zero attached hydrogens (tertiary/aromatic N) is 3. The maximum atomic E-state index is 12.9. The minimum absolute atomic E-state index is 0.139. The highest BCUT2D eigenvalue weighted by Crippen LogP contribution is 2.61. The standard InChI is InChI=1S/C25H33N3O/c1-24(2,3)21-6-4-20(5-7-21)23-16-28(27-26-23)15-22(29)14-25-11-17-8-18(12-25)10-19(9-17)13-25/h4-7,16-19H,8-15H2,1-3H3. The molecule has 0 N–H and O–H groups in total. The van der Waals surface area contributed by atoms with Crippen molar-refractivity contribution < 1.29 is 4.79 Å². The quantitative estimate of drug-likeness (QED) is 0.684. The second-order valence-electron chi connectivity index (χ2n) is 11.3. The molecule has 2 aromatic rings. The molecule has 0 atom stereocenters. The van der Waals surface area contributed by atoms with Crippen LogP contribution in [0.2, 0.25) is 0 Å². The summed E-state index contributed by atoms with van der Waals surface area (Å²) in [5.41, 5.74) is 3.64. The van der Waals surface area contributed by atoms with E-state index in [1.54, 1.807) is 4.68 Å². The first-order chi connectivity index (χ1) is 13.8. The maximum Gasteiger partial charge on any atom is 0.154 e. The van der Waals surface area contributed by atoms with Gasteiger partial charge in [-0.2, -0.15) is 0 Å². The Balaban J connectivity index is 1.24. The van der Waals surface area contributed by atoms with Crippen molar-refractivity contribution in [2.45, 2.75) is 77.7 Å². The molecule has 4 aliphatic carbocycles. The van der Waals surface area contributed by atoms with Crippen molar-refractivity contribution in [2.75, 3.05) is 0 Å². The van der Waals surface area contributed by atoms with Crippen molar-refractivity contribution in [3.8, 4) is 11.3 Å². The smallest absolute Gasteiger partial charge is 0.154 e. The van der Waals surface area contributed by atoms with E-state index < -0.39 is 0 Å². The van der Waals surface area contributed by atoms with E-state index in [0.29, 0.717) is 17.7 Å². The van der Waals surface area contributed by atoms with Crippen LogP contribution in [0, 0.1) is 23.2 Å². The van der Waals surface area contributed by atoms with E-state index in [9.17, 15) is 4.79 Å². The SMILES string of the molecule is CC(C)(C)c1ccc(-c2cn(CC(=O)CC34CC5CC(CC(C5)C3)C4)nn2)cc1. The van der Waals surface area contributed by atoms with Crippen LogP contribution in [0.5, 0.6) is 0 Å². The average Bonchev–Trinajstić information content (AvgIpc) is 3.07. The number of hydrogen-bond donors (Lipinski definition) is 0. The van der Waals surface area contributed by atoms with E-state index in [1.807, 2.05) is 6.20 Å². The molecule has 6 rings (SSSR count). The third-order valence-electron chi connectivity index (χ3n) is 7.66. The minimum atomic E-state index is 0.139. The number of carbonyl (C=O) groups excluding carboxylic acids is 1. The van der Waals surface area contributed by atoms with Gasteiger partial charge >= 0.3 is 0 Å². The first-order valence-electron chi connectivity index (χ1n) is 11.3. The predicted octanol–water partition coefficient (Wildman–Crippen LogP) is 5.42. The van der Waals surface area contributed by atoms with Crippen molar-refractivity contribution in [3.63, 3.8) is 0 Å². The Kier molecular flexibility index (Phi) is 4.45. The molecule has 4 nitrogen and oxygen atoms in total. The number of ketones is 1. The van der Waals surface area contributed by atoms with E-state index in [1.165, 1.54) is 44.1 Å². The number of rotatable bonds is 5. The number of benzene rings is 1. The Labute approximate surface area is 174 Å². The highest BCUT2D eigenvalue weighted by Gasteiger charge is 2.51. The van der Waals surface area contributed by atoms with Crippen LogP contribution < -0.4 is 0 Å². The molecule has 4 fully saturated rings. The monoisotopic (exact) mass is 391 g/mol. The van der Waals surface area contributed by atoms with Gasteiger partial charge in [0.15, 0.2) is 5.78 Å². The van der Waals surface area contributed by atoms with E-state index >= 15 is 0 Å². The Morgan fingerprint density at radius 1 is 1.03 bits per heavy atom. The summed E-state index contributed by atoms with van der Waals surface area (Å²) in [7, 11) is 0. The van der Waals surface area contributed by atoms with E-state index in [-0.39, 0.29) is 5.41 Å². The fourth-order valence-electron chi connectivity index (χ4n) is 6.81. The summed E-state index contributed by atoms with van der Waals surface area (Å²) in [6.07, 6.45) is 10.8. The molecule has 4 aliphatic rings. The lowest BCUT2D eigenvalue weighted by Crippen LogP contribution is -2.47. The fourth-order valence-corrected chi connectivity index (χ4v) is 6.81. The highest BCUT2D eigenvalue weighted by atomic mass is 16.1. The summed E-state index contributed by atoms with van der Waals surface area (Å²) < 4.78 is 1.73. The van der Waals surface area contributed by atoms with Crippen molar-refractivity contribution in [3.05, 3.63) is 36.0 Å². The molecule has 1 aromatic heterocycles. The normalized spacial score (nSPS) is 30.7. The minimum Gasteiger partial charge on any atom is -0.298 e. The highest BCUT2D eigenvalue weighted by molar-refractivity contribution is 5.79. The number of aromatic nitrogens is 3. The van der Waals surface area contributed by atoms with Crippen LogP contribution in [-0.2, 0) is 16.8 Å².